The number of aliphatic hydroxyl groups is 1. The molecule has 6 nitrogen and oxygen atoms in total. The first-order valence-corrected chi connectivity index (χ1v) is 11.4. The first kappa shape index (κ1) is 22.3. The van der Waals surface area contributed by atoms with Gasteiger partial charge in [0.05, 0.1) is 0 Å². The van der Waals surface area contributed by atoms with Gasteiger partial charge in [0.15, 0.2) is 11.6 Å². The van der Waals surface area contributed by atoms with E-state index in [9.17, 15) is 14.3 Å². The minimum Gasteiger partial charge on any atom is -0.375 e. The van der Waals surface area contributed by atoms with E-state index in [4.69, 9.17) is 5.41 Å². The van der Waals surface area contributed by atoms with E-state index >= 15 is 0 Å². The minimum atomic E-state index is -1.50. The molecular weight excluding hydrogens is 407 g/mol. The topological polar surface area (TPSA) is 79.7 Å². The van der Waals surface area contributed by atoms with E-state index in [-0.39, 0.29) is 23.6 Å². The second-order valence-electron chi connectivity index (χ2n) is 8.73. The fraction of sp³-hybridized carbons (Fsp3) is 0.440. The third kappa shape index (κ3) is 4.63. The molecule has 170 valence electrons. The van der Waals surface area contributed by atoms with Crippen LogP contribution in [0.25, 0.3) is 0 Å². The maximum atomic E-state index is 13.6. The number of benzene rings is 2. The molecule has 32 heavy (non-hydrogen) atoms. The first-order chi connectivity index (χ1) is 15.5. The zero-order chi connectivity index (χ0) is 22.6. The summed E-state index contributed by atoms with van der Waals surface area (Å²) < 4.78 is 13.3. The van der Waals surface area contributed by atoms with Crippen molar-refractivity contribution in [2.75, 3.05) is 26.2 Å². The summed E-state index contributed by atoms with van der Waals surface area (Å²) in [6.07, 6.45) is 3.78. The third-order valence-electron chi connectivity index (χ3n) is 6.72. The van der Waals surface area contributed by atoms with Gasteiger partial charge in [-0.05, 0) is 36.1 Å². The molecule has 7 heteroatoms. The summed E-state index contributed by atoms with van der Waals surface area (Å²) in [7, 11) is 0. The molecule has 0 aromatic heterocycles. The van der Waals surface area contributed by atoms with E-state index in [0.29, 0.717) is 38.3 Å². The lowest BCUT2D eigenvalue weighted by Gasteiger charge is -2.42. The van der Waals surface area contributed by atoms with Crippen molar-refractivity contribution in [2.24, 2.45) is 5.92 Å². The van der Waals surface area contributed by atoms with Crippen LogP contribution in [0.2, 0.25) is 0 Å². The molecule has 1 aliphatic heterocycles. The second-order valence-corrected chi connectivity index (χ2v) is 8.73. The molecule has 1 saturated carbocycles. The van der Waals surface area contributed by atoms with Gasteiger partial charge in [-0.1, -0.05) is 55.3 Å². The Morgan fingerprint density at radius 3 is 2.34 bits per heavy atom. The van der Waals surface area contributed by atoms with Crippen molar-refractivity contribution in [3.63, 3.8) is 0 Å². The predicted octanol–water partition coefficient (Wildman–Crippen LogP) is 3.07. The molecule has 4 rings (SSSR count). The smallest absolute Gasteiger partial charge is 0.259 e. The van der Waals surface area contributed by atoms with Crippen LogP contribution >= 0.6 is 0 Å². The number of nitrogens with zero attached hydrogens (tertiary/aromatic N) is 2. The second kappa shape index (κ2) is 9.69. The number of hydrogen-bond donors (Lipinski definition) is 3. The van der Waals surface area contributed by atoms with Crippen LogP contribution in [0.5, 0.6) is 0 Å². The summed E-state index contributed by atoms with van der Waals surface area (Å²) in [6.45, 7) is 2.28. The van der Waals surface area contributed by atoms with Crippen LogP contribution in [0.3, 0.4) is 0 Å². The quantitative estimate of drug-likeness (QED) is 0.495. The number of hydrogen-bond acceptors (Lipinski definition) is 3. The molecule has 0 radical (unpaired) electrons. The Bertz CT molecular complexity index is 940. The van der Waals surface area contributed by atoms with Gasteiger partial charge >= 0.3 is 0 Å². The lowest BCUT2D eigenvalue weighted by Crippen LogP contribution is -2.58. The molecule has 0 bridgehead atoms. The van der Waals surface area contributed by atoms with Crippen molar-refractivity contribution in [1.82, 2.24) is 15.1 Å². The largest absolute Gasteiger partial charge is 0.375 e. The van der Waals surface area contributed by atoms with E-state index in [1.807, 2.05) is 41.3 Å². The van der Waals surface area contributed by atoms with Gasteiger partial charge in [-0.15, -0.1) is 0 Å². The van der Waals surface area contributed by atoms with Gasteiger partial charge in [0.25, 0.3) is 5.91 Å². The van der Waals surface area contributed by atoms with Crippen molar-refractivity contribution in [3.05, 3.63) is 71.5 Å². The highest BCUT2D eigenvalue weighted by Crippen LogP contribution is 2.42. The third-order valence-corrected chi connectivity index (χ3v) is 6.72. The normalized spacial score (nSPS) is 18.9. The molecule has 2 aromatic rings. The fourth-order valence-corrected chi connectivity index (χ4v) is 4.89. The number of rotatable bonds is 5. The Balaban J connectivity index is 1.38. The van der Waals surface area contributed by atoms with E-state index < -0.39 is 5.60 Å². The van der Waals surface area contributed by atoms with Gasteiger partial charge in [-0.3, -0.25) is 10.2 Å². The SMILES string of the molecule is N=C(NCc1cccc(F)c1)N1CCN(C(=O)[C@](O)(c2ccccc2)C2CCCC2)CC1. The van der Waals surface area contributed by atoms with Crippen molar-refractivity contribution in [3.8, 4) is 0 Å². The average Bonchev–Trinajstić information content (AvgIpc) is 3.38. The number of piperazine rings is 1. The van der Waals surface area contributed by atoms with Gasteiger partial charge in [0, 0.05) is 38.6 Å². The highest BCUT2D eigenvalue weighted by Gasteiger charge is 2.48. The van der Waals surface area contributed by atoms with Gasteiger partial charge in [-0.25, -0.2) is 4.39 Å². The molecular formula is C25H31FN4O2. The van der Waals surface area contributed by atoms with Gasteiger partial charge in [0.1, 0.15) is 5.82 Å². The summed E-state index contributed by atoms with van der Waals surface area (Å²) in [6, 6.07) is 15.6. The Hall–Kier alpha value is -2.93. The minimum absolute atomic E-state index is 0.0679. The van der Waals surface area contributed by atoms with Crippen LogP contribution in [-0.4, -0.2) is 53.0 Å². The van der Waals surface area contributed by atoms with Crippen molar-refractivity contribution in [1.29, 1.82) is 5.41 Å². The summed E-state index contributed by atoms with van der Waals surface area (Å²) in [4.78, 5) is 17.2. The van der Waals surface area contributed by atoms with Crippen molar-refractivity contribution < 1.29 is 14.3 Å². The summed E-state index contributed by atoms with van der Waals surface area (Å²) >= 11 is 0. The number of halogens is 1. The average molecular weight is 439 g/mol. The molecule has 2 fully saturated rings. The number of amides is 1. The molecule has 2 aromatic carbocycles. The van der Waals surface area contributed by atoms with E-state index in [1.165, 1.54) is 12.1 Å². The van der Waals surface area contributed by atoms with Crippen LogP contribution in [0.1, 0.15) is 36.8 Å². The van der Waals surface area contributed by atoms with Gasteiger partial charge in [0.2, 0.25) is 0 Å². The standard InChI is InChI=1S/C25H31FN4O2/c26-22-12-6-7-19(17-22)18-28-24(27)30-15-13-29(14-16-30)23(31)25(32,21-10-4-5-11-21)20-8-2-1-3-9-20/h1-3,6-9,12,17,21,32H,4-5,10-11,13-16,18H2,(H2,27,28)/t25-/m0/s1. The maximum absolute atomic E-state index is 13.6. The molecule has 1 saturated heterocycles. The van der Waals surface area contributed by atoms with Crippen molar-refractivity contribution in [2.45, 2.75) is 37.8 Å². The van der Waals surface area contributed by atoms with Gasteiger partial charge < -0.3 is 20.2 Å². The number of carbonyl (C=O) groups is 1. The molecule has 1 atom stereocenters. The molecule has 1 heterocycles. The Labute approximate surface area is 188 Å². The molecule has 1 aliphatic carbocycles. The van der Waals surface area contributed by atoms with Crippen LogP contribution in [-0.2, 0) is 16.9 Å². The number of nitrogens with one attached hydrogen (secondary N) is 2. The monoisotopic (exact) mass is 438 g/mol. The van der Waals surface area contributed by atoms with Crippen LogP contribution in [0.4, 0.5) is 4.39 Å². The fourth-order valence-electron chi connectivity index (χ4n) is 4.89. The van der Waals surface area contributed by atoms with E-state index in [2.05, 4.69) is 5.32 Å². The van der Waals surface area contributed by atoms with Crippen LogP contribution in [0, 0.1) is 17.1 Å². The van der Waals surface area contributed by atoms with Crippen LogP contribution in [0.15, 0.2) is 54.6 Å². The maximum Gasteiger partial charge on any atom is 0.259 e. The van der Waals surface area contributed by atoms with Gasteiger partial charge in [-0.2, -0.15) is 0 Å². The molecule has 0 spiro atoms. The Kier molecular flexibility index (Phi) is 6.74. The zero-order valence-electron chi connectivity index (χ0n) is 18.3. The zero-order valence-corrected chi connectivity index (χ0v) is 18.3. The number of carbonyl (C=O) groups excluding carboxylic acids is 1. The first-order valence-electron chi connectivity index (χ1n) is 11.4. The van der Waals surface area contributed by atoms with Crippen molar-refractivity contribution >= 4 is 11.9 Å². The Morgan fingerprint density at radius 2 is 1.69 bits per heavy atom. The summed E-state index contributed by atoms with van der Waals surface area (Å²) in [5, 5.41) is 23.1. The lowest BCUT2D eigenvalue weighted by molar-refractivity contribution is -0.160. The number of guanidine groups is 1. The summed E-state index contributed by atoms with van der Waals surface area (Å²) in [5.41, 5.74) is -0.0554. The predicted molar refractivity (Wildman–Crippen MR) is 121 cm³/mol. The summed E-state index contributed by atoms with van der Waals surface area (Å²) in [5.74, 6) is -0.331. The van der Waals surface area contributed by atoms with Crippen LogP contribution < -0.4 is 5.32 Å². The van der Waals surface area contributed by atoms with E-state index in [1.54, 1.807) is 11.0 Å². The Morgan fingerprint density at radius 1 is 1.03 bits per heavy atom. The lowest BCUT2D eigenvalue weighted by atomic mass is 9.79. The molecule has 1 amide bonds. The molecule has 3 N–H and O–H groups in total. The molecule has 2 aliphatic rings. The highest BCUT2D eigenvalue weighted by atomic mass is 19.1. The van der Waals surface area contributed by atoms with E-state index in [0.717, 1.165) is 31.2 Å². The highest BCUT2D eigenvalue weighted by molar-refractivity contribution is 5.87. The molecule has 0 unspecified atom stereocenters.